The maximum Gasteiger partial charge on any atom is 0.224 e. The number of amides is 1. The van der Waals surface area contributed by atoms with Gasteiger partial charge in [-0.15, -0.1) is 0 Å². The smallest absolute Gasteiger partial charge is 0.224 e. The summed E-state index contributed by atoms with van der Waals surface area (Å²) in [6.07, 6.45) is 0.651. The second-order valence-electron chi connectivity index (χ2n) is 8.70. The molecule has 35 heavy (non-hydrogen) atoms. The molecule has 7 heteroatoms. The summed E-state index contributed by atoms with van der Waals surface area (Å²) < 4.78 is 5.65. The van der Waals surface area contributed by atoms with Gasteiger partial charge in [0, 0.05) is 41.5 Å². The number of ether oxygens (including phenoxy) is 1. The molecule has 1 radical (unpaired) electrons. The van der Waals surface area contributed by atoms with E-state index in [1.54, 1.807) is 41.3 Å². The van der Waals surface area contributed by atoms with Crippen molar-refractivity contribution in [2.45, 2.75) is 32.4 Å². The van der Waals surface area contributed by atoms with Crippen molar-refractivity contribution < 1.29 is 14.3 Å². The minimum atomic E-state index is -0.528. The van der Waals surface area contributed by atoms with Gasteiger partial charge in [-0.05, 0) is 73.5 Å². The predicted octanol–water partition coefficient (Wildman–Crippen LogP) is 5.80. The lowest BCUT2D eigenvalue weighted by molar-refractivity contribution is -0.117. The molecule has 181 valence electrons. The highest BCUT2D eigenvalue weighted by molar-refractivity contribution is 6.30. The molecule has 2 N–H and O–H groups in total. The number of para-hydroxylation sites is 1. The number of Topliss-reactive ketones (excluding diaryl/α,β-unsaturated/α-hetero) is 1. The number of nitrogens with one attached hydrogen (secondary N) is 2. The minimum absolute atomic E-state index is 0.0533. The molecule has 0 aliphatic carbocycles. The summed E-state index contributed by atoms with van der Waals surface area (Å²) in [4.78, 5) is 28.7. The number of halogens is 1. The van der Waals surface area contributed by atoms with E-state index in [0.717, 1.165) is 11.3 Å². The van der Waals surface area contributed by atoms with E-state index in [9.17, 15) is 9.59 Å². The molecule has 1 aliphatic rings. The molecule has 3 aromatic rings. The molecule has 4 rings (SSSR count). The van der Waals surface area contributed by atoms with Crippen LogP contribution in [0.15, 0.2) is 72.8 Å². The van der Waals surface area contributed by atoms with E-state index in [1.807, 2.05) is 43.3 Å². The van der Waals surface area contributed by atoms with Crippen LogP contribution in [-0.2, 0) is 4.79 Å². The van der Waals surface area contributed by atoms with Crippen LogP contribution in [0.4, 0.5) is 11.4 Å². The Morgan fingerprint density at radius 3 is 2.37 bits per heavy atom. The van der Waals surface area contributed by atoms with Crippen molar-refractivity contribution in [1.82, 2.24) is 5.73 Å². The fourth-order valence-electron chi connectivity index (χ4n) is 4.67. The molecule has 1 heterocycles. The van der Waals surface area contributed by atoms with E-state index in [-0.39, 0.29) is 17.7 Å². The quantitative estimate of drug-likeness (QED) is 0.319. The maximum absolute atomic E-state index is 13.9. The largest absolute Gasteiger partial charge is 0.494 e. The summed E-state index contributed by atoms with van der Waals surface area (Å²) in [6.45, 7) is 4.28. The van der Waals surface area contributed by atoms with Gasteiger partial charge in [-0.3, -0.25) is 15.3 Å². The van der Waals surface area contributed by atoms with Gasteiger partial charge >= 0.3 is 0 Å². The van der Waals surface area contributed by atoms with Crippen molar-refractivity contribution in [3.63, 3.8) is 0 Å². The molecule has 0 saturated heterocycles. The number of hydrogen-bond donors (Lipinski definition) is 1. The number of rotatable bonds is 8. The molecule has 0 spiro atoms. The third kappa shape index (κ3) is 5.34. The molecular formula is C28H29ClN3O3. The van der Waals surface area contributed by atoms with Crippen LogP contribution in [0.2, 0.25) is 5.02 Å². The van der Waals surface area contributed by atoms with Crippen LogP contribution in [-0.4, -0.2) is 30.9 Å². The summed E-state index contributed by atoms with van der Waals surface area (Å²) in [7, 11) is 0. The molecule has 3 aromatic carbocycles. The number of carbonyl (C=O) groups excluding carboxylic acids is 2. The van der Waals surface area contributed by atoms with E-state index in [4.69, 9.17) is 22.1 Å². The van der Waals surface area contributed by atoms with Crippen molar-refractivity contribution in [2.24, 2.45) is 5.92 Å². The molecule has 0 saturated carbocycles. The highest BCUT2D eigenvalue weighted by Crippen LogP contribution is 2.44. The highest BCUT2D eigenvalue weighted by atomic mass is 35.5. The van der Waals surface area contributed by atoms with Gasteiger partial charge in [-0.25, -0.2) is 0 Å². The topological polar surface area (TPSA) is 82.4 Å². The second kappa shape index (κ2) is 10.9. The Kier molecular flexibility index (Phi) is 7.73. The zero-order valence-electron chi connectivity index (χ0n) is 19.8. The van der Waals surface area contributed by atoms with Crippen molar-refractivity contribution >= 4 is 34.7 Å². The average Bonchev–Trinajstić information content (AvgIpc) is 2.85. The van der Waals surface area contributed by atoms with Gasteiger partial charge in [0.15, 0.2) is 5.78 Å². The number of fused-ring (bicyclic) bond motifs is 1. The first-order valence-electron chi connectivity index (χ1n) is 11.7. The van der Waals surface area contributed by atoms with E-state index in [1.165, 1.54) is 6.92 Å². The van der Waals surface area contributed by atoms with Crippen molar-refractivity contribution in [1.29, 1.82) is 0 Å². The first-order chi connectivity index (χ1) is 16.9. The third-order valence-corrected chi connectivity index (χ3v) is 6.55. The Balaban J connectivity index is 1.74. The summed E-state index contributed by atoms with van der Waals surface area (Å²) in [5, 5.41) is 4.05. The molecular weight excluding hydrogens is 462 g/mol. The highest BCUT2D eigenvalue weighted by Gasteiger charge is 2.43. The molecule has 0 fully saturated rings. The van der Waals surface area contributed by atoms with Crippen molar-refractivity contribution in [3.8, 4) is 5.75 Å². The van der Waals surface area contributed by atoms with Gasteiger partial charge in [0.25, 0.3) is 0 Å². The van der Waals surface area contributed by atoms with Gasteiger partial charge in [0.1, 0.15) is 5.75 Å². The lowest BCUT2D eigenvalue weighted by Gasteiger charge is -2.43. The van der Waals surface area contributed by atoms with E-state index >= 15 is 0 Å². The molecule has 3 atom stereocenters. The predicted molar refractivity (Wildman–Crippen MR) is 139 cm³/mol. The van der Waals surface area contributed by atoms with Crippen LogP contribution >= 0.6 is 11.6 Å². The summed E-state index contributed by atoms with van der Waals surface area (Å²) in [5.74, 6) is -0.0719. The van der Waals surface area contributed by atoms with E-state index in [2.05, 4.69) is 5.32 Å². The Hall–Kier alpha value is -3.35. The van der Waals surface area contributed by atoms with E-state index < -0.39 is 12.0 Å². The summed E-state index contributed by atoms with van der Waals surface area (Å²) >= 11 is 6.11. The SMILES string of the molecule is CC(=O)N(c1ccc(Cl)cc1)[C@H]1c2ccccc2N[C@@H](C)C1C(=O)c1ccc(OCCC[NH])cc1. The number of nitrogens with zero attached hydrogens (tertiary/aromatic N) is 1. The van der Waals surface area contributed by atoms with Crippen LogP contribution < -0.4 is 20.7 Å². The standard InChI is InChI=1S/C28H29ClN3O3/c1-18-26(28(34)20-8-14-23(15-9-20)35-17-5-16-30)27(24-6-3-4-7-25(24)31-18)32(19(2)33)22-12-10-21(29)11-13-22/h3-4,6-15,18,26-27,30-31H,5,16-17H2,1-2H3/t18-,26?,27-/m0/s1. The number of ketones is 1. The van der Waals surface area contributed by atoms with Crippen molar-refractivity contribution in [2.75, 3.05) is 23.4 Å². The van der Waals surface area contributed by atoms with Gasteiger partial charge < -0.3 is 15.0 Å². The zero-order chi connectivity index (χ0) is 24.9. The van der Waals surface area contributed by atoms with Gasteiger partial charge in [0.2, 0.25) is 5.91 Å². The van der Waals surface area contributed by atoms with Crippen molar-refractivity contribution in [3.05, 3.63) is 88.9 Å². The fourth-order valence-corrected chi connectivity index (χ4v) is 4.79. The zero-order valence-corrected chi connectivity index (χ0v) is 20.6. The van der Waals surface area contributed by atoms with Gasteiger partial charge in [0.05, 0.1) is 18.6 Å². The van der Waals surface area contributed by atoms with Gasteiger partial charge in [-0.1, -0.05) is 29.8 Å². The fraction of sp³-hybridized carbons (Fsp3) is 0.286. The Bertz CT molecular complexity index is 1180. The molecule has 1 unspecified atom stereocenters. The molecule has 0 bridgehead atoms. The molecule has 0 aromatic heterocycles. The Labute approximate surface area is 211 Å². The first-order valence-corrected chi connectivity index (χ1v) is 12.1. The van der Waals surface area contributed by atoms with Crippen LogP contribution in [0, 0.1) is 5.92 Å². The molecule has 6 nitrogen and oxygen atoms in total. The van der Waals surface area contributed by atoms with Crippen LogP contribution in [0.25, 0.3) is 0 Å². The monoisotopic (exact) mass is 490 g/mol. The maximum atomic E-state index is 13.9. The number of hydrogen-bond acceptors (Lipinski definition) is 4. The third-order valence-electron chi connectivity index (χ3n) is 6.30. The summed E-state index contributed by atoms with van der Waals surface area (Å²) in [6, 6.07) is 21.3. The number of anilines is 2. The van der Waals surface area contributed by atoms with E-state index in [0.29, 0.717) is 41.6 Å². The Morgan fingerprint density at radius 1 is 1.03 bits per heavy atom. The molecule has 1 amide bonds. The summed E-state index contributed by atoms with van der Waals surface area (Å²) in [5.41, 5.74) is 10.3. The first kappa shape index (κ1) is 24.8. The van der Waals surface area contributed by atoms with Crippen LogP contribution in [0.3, 0.4) is 0 Å². The number of carbonyl (C=O) groups is 2. The van der Waals surface area contributed by atoms with Crippen LogP contribution in [0.5, 0.6) is 5.75 Å². The second-order valence-corrected chi connectivity index (χ2v) is 9.13. The average molecular weight is 491 g/mol. The normalized spacial score (nSPS) is 18.8. The van der Waals surface area contributed by atoms with Crippen LogP contribution in [0.1, 0.15) is 42.2 Å². The lowest BCUT2D eigenvalue weighted by Crippen LogP contribution is -2.49. The minimum Gasteiger partial charge on any atom is -0.494 e. The Morgan fingerprint density at radius 2 is 1.71 bits per heavy atom. The van der Waals surface area contributed by atoms with Gasteiger partial charge in [-0.2, -0.15) is 0 Å². The molecule has 1 aliphatic heterocycles. The number of benzene rings is 3. The lowest BCUT2D eigenvalue weighted by atomic mass is 9.77.